The molecule has 2 aliphatic rings. The number of aromatic amines is 1. The number of carbonyl (C=O) groups is 2. The zero-order valence-electron chi connectivity index (χ0n) is 37.0. The van der Waals surface area contributed by atoms with E-state index in [0.717, 1.165) is 17.2 Å². The van der Waals surface area contributed by atoms with Gasteiger partial charge in [0.15, 0.2) is 52.9 Å². The third kappa shape index (κ3) is 11.8. The Balaban J connectivity index is 1.17. The van der Waals surface area contributed by atoms with Crippen LogP contribution in [-0.4, -0.2) is 126 Å². The summed E-state index contributed by atoms with van der Waals surface area (Å²) < 4.78 is 83.9. The van der Waals surface area contributed by atoms with Gasteiger partial charge in [-0.05, 0) is 35.7 Å². The molecule has 4 N–H and O–H groups in total. The van der Waals surface area contributed by atoms with Crippen LogP contribution in [0.2, 0.25) is 0 Å². The number of fused-ring (bicyclic) bond motifs is 2. The molecule has 0 radical (unpaired) electrons. The first-order valence-corrected chi connectivity index (χ1v) is 26.3. The van der Waals surface area contributed by atoms with Gasteiger partial charge < -0.3 is 38.0 Å². The van der Waals surface area contributed by atoms with Gasteiger partial charge in [0.2, 0.25) is 11.9 Å². The largest absolute Gasteiger partial charge is 0.394 e. The molecule has 4 aromatic heterocycles. The predicted octanol–water partition coefficient (Wildman–Crippen LogP) is 4.57. The minimum atomic E-state index is -4.28. The number of imidazole rings is 2. The highest BCUT2D eigenvalue weighted by molar-refractivity contribution is 8.07. The minimum absolute atomic E-state index is 0.0175. The Morgan fingerprint density at radius 3 is 2.11 bits per heavy atom. The second-order valence-electron chi connectivity index (χ2n) is 15.3. The van der Waals surface area contributed by atoms with Crippen LogP contribution in [0.25, 0.3) is 22.3 Å². The number of nitrogens with zero attached hydrogens (tertiary/aromatic N) is 9. The van der Waals surface area contributed by atoms with Gasteiger partial charge in [0.25, 0.3) is 11.5 Å². The van der Waals surface area contributed by atoms with Gasteiger partial charge in [-0.1, -0.05) is 38.1 Å². The van der Waals surface area contributed by atoms with Crippen LogP contribution in [0.5, 0.6) is 0 Å². The number of benzene rings is 1. The molecule has 0 bridgehead atoms. The van der Waals surface area contributed by atoms with E-state index in [4.69, 9.17) is 60.2 Å². The maximum atomic E-state index is 17.2. The molecule has 372 valence electrons. The zero-order chi connectivity index (χ0) is 50.2. The quantitative estimate of drug-likeness (QED) is 0.0396. The number of hydrogen-bond acceptors (Lipinski definition) is 21. The molecule has 2 fully saturated rings. The molecule has 5 aromatic rings. The molecule has 6 heterocycles. The number of H-pyrrole nitrogens is 1. The number of aromatic nitrogens is 8. The summed E-state index contributed by atoms with van der Waals surface area (Å²) in [5.74, 6) is -1.72. The lowest BCUT2D eigenvalue weighted by Crippen LogP contribution is -2.36. The van der Waals surface area contributed by atoms with Gasteiger partial charge in [-0.15, -0.1) is 6.58 Å². The molecule has 70 heavy (non-hydrogen) atoms. The number of aliphatic hydroxyl groups excluding tert-OH is 1. The maximum absolute atomic E-state index is 17.2. The molecule has 2 amide bonds. The number of halogens is 2. The molecule has 6 unspecified atom stereocenters. The number of amides is 2. The Kier molecular flexibility index (Phi) is 17.4. The van der Waals surface area contributed by atoms with Crippen molar-refractivity contribution in [2.75, 3.05) is 43.7 Å². The maximum Gasteiger partial charge on any atom is 0.327 e. The standard InChI is InChI=1S/C40H44F2N12O12P2S2/c1-4-14-59-67(69,60-15-8-12-43)66-31-25(64-39(27(31)42)54-21-48-29-34(54)50-40(52-37(29)58)51-35(56)22(2)3)18-62-68(70,61-16-9-13-44)65-30-24(17-55)63-38(26(30)41)53-20-47-28-32(45-19-46-33(28)53)49-36(57)23-10-6-5-7-11-23/h4-7,10-11,19-22,24-27,30-31,38-39,55H,1,8-9,14-18H2,2-3H3,(H,45,46,49,57)(H2,50,51,52,56,58)/t24?,25?,26-,27-,30-,31-,38?,39?,67?,68?/m1/s1. The molecule has 24 nitrogen and oxygen atoms in total. The number of anilines is 2. The first kappa shape index (κ1) is 52.4. The van der Waals surface area contributed by atoms with Gasteiger partial charge in [0.05, 0.1) is 70.7 Å². The van der Waals surface area contributed by atoms with Crippen LogP contribution >= 0.6 is 13.4 Å². The first-order valence-electron chi connectivity index (χ1n) is 21.1. The van der Waals surface area contributed by atoms with Crippen LogP contribution in [0.1, 0.15) is 49.5 Å². The van der Waals surface area contributed by atoms with Crippen molar-refractivity contribution in [2.45, 2.75) is 75.9 Å². The lowest BCUT2D eigenvalue weighted by atomic mass is 10.1. The van der Waals surface area contributed by atoms with Crippen LogP contribution in [0.4, 0.5) is 20.5 Å². The fourth-order valence-electron chi connectivity index (χ4n) is 6.91. The van der Waals surface area contributed by atoms with Crippen molar-refractivity contribution in [1.82, 2.24) is 39.0 Å². The van der Waals surface area contributed by atoms with Gasteiger partial charge in [-0.2, -0.15) is 15.5 Å². The van der Waals surface area contributed by atoms with Crippen LogP contribution in [0.3, 0.4) is 0 Å². The second-order valence-corrected chi connectivity index (χ2v) is 21.3. The fraction of sp³-hybridized carbons (Fsp3) is 0.450. The van der Waals surface area contributed by atoms with Crippen molar-refractivity contribution >= 4 is 83.0 Å². The average molecular weight is 1050 g/mol. The highest BCUT2D eigenvalue weighted by Crippen LogP contribution is 2.57. The van der Waals surface area contributed by atoms with Crippen molar-refractivity contribution in [2.24, 2.45) is 5.92 Å². The summed E-state index contributed by atoms with van der Waals surface area (Å²) in [6.07, 6.45) is -9.66. The van der Waals surface area contributed by atoms with E-state index in [9.17, 15) is 30.0 Å². The molecule has 10 atom stereocenters. The number of aliphatic hydroxyl groups is 1. The Labute approximate surface area is 406 Å². The monoisotopic (exact) mass is 1050 g/mol. The SMILES string of the molecule is C=CCOP(=S)(OCCC#N)O[C@@H]1C(COP(=S)(OCCC#N)O[C@@H]2C(CO)OC(n3cnc4c(NC(=O)c5ccccc5)ncnc43)[C@@H]2F)OC(n2cnc3c(=O)[nH]c(NC(=O)C(C)C)nc32)[C@@H]1F. The van der Waals surface area contributed by atoms with Crippen LogP contribution in [0, 0.1) is 28.6 Å². The highest BCUT2D eigenvalue weighted by atomic mass is 32.5. The van der Waals surface area contributed by atoms with Gasteiger partial charge in [0, 0.05) is 11.5 Å². The minimum Gasteiger partial charge on any atom is -0.394 e. The summed E-state index contributed by atoms with van der Waals surface area (Å²) in [6, 6.07) is 12.1. The molecule has 0 spiro atoms. The fourth-order valence-corrected chi connectivity index (χ4v) is 11.1. The van der Waals surface area contributed by atoms with E-state index in [-0.39, 0.29) is 66.8 Å². The number of ether oxygens (including phenoxy) is 2. The van der Waals surface area contributed by atoms with Gasteiger partial charge >= 0.3 is 13.4 Å². The van der Waals surface area contributed by atoms with Crippen LogP contribution < -0.4 is 16.2 Å². The smallest absolute Gasteiger partial charge is 0.327 e. The van der Waals surface area contributed by atoms with Crippen molar-refractivity contribution in [3.05, 3.63) is 77.9 Å². The van der Waals surface area contributed by atoms with Crippen molar-refractivity contribution in [3.63, 3.8) is 0 Å². The summed E-state index contributed by atoms with van der Waals surface area (Å²) in [5.41, 5.74) is -0.760. The van der Waals surface area contributed by atoms with E-state index in [0.29, 0.717) is 5.56 Å². The van der Waals surface area contributed by atoms with E-state index >= 15 is 8.78 Å². The van der Waals surface area contributed by atoms with Crippen LogP contribution in [-0.2, 0) is 65.0 Å². The van der Waals surface area contributed by atoms with Crippen molar-refractivity contribution < 1.29 is 60.1 Å². The number of nitriles is 2. The highest BCUT2D eigenvalue weighted by Gasteiger charge is 2.53. The molecule has 2 aliphatic heterocycles. The third-order valence-electron chi connectivity index (χ3n) is 10.3. The number of alkyl halides is 2. The zero-order valence-corrected chi connectivity index (χ0v) is 40.4. The van der Waals surface area contributed by atoms with Gasteiger partial charge in [-0.25, -0.2) is 28.7 Å². The number of hydrogen-bond donors (Lipinski definition) is 4. The molecular formula is C40H44F2N12O12P2S2. The van der Waals surface area contributed by atoms with Crippen molar-refractivity contribution in [1.29, 1.82) is 10.5 Å². The lowest BCUT2D eigenvalue weighted by molar-refractivity contribution is -0.118. The van der Waals surface area contributed by atoms with Gasteiger partial charge in [-0.3, -0.25) is 42.9 Å². The van der Waals surface area contributed by atoms with E-state index in [1.165, 1.54) is 17.0 Å². The Bertz CT molecular complexity index is 2940. The normalized spacial score (nSPS) is 23.9. The van der Waals surface area contributed by atoms with E-state index < -0.39 is 99.2 Å². The van der Waals surface area contributed by atoms with E-state index in [1.807, 2.05) is 12.1 Å². The topological polar surface area (TPSA) is 307 Å². The van der Waals surface area contributed by atoms with Crippen LogP contribution in [0.15, 0.2) is 66.8 Å². The Hall–Kier alpha value is -5.42. The molecular weight excluding hydrogens is 1000 g/mol. The Morgan fingerprint density at radius 1 is 0.900 bits per heavy atom. The summed E-state index contributed by atoms with van der Waals surface area (Å²) in [6.45, 7) is -3.79. The van der Waals surface area contributed by atoms with Gasteiger partial charge in [0.1, 0.15) is 30.7 Å². The predicted molar refractivity (Wildman–Crippen MR) is 249 cm³/mol. The second kappa shape index (κ2) is 23.2. The molecule has 2 saturated heterocycles. The first-order chi connectivity index (χ1) is 33.6. The average Bonchev–Trinajstić information content (AvgIpc) is 4.12. The number of carbonyl (C=O) groups excluding carboxylic acids is 2. The van der Waals surface area contributed by atoms with E-state index in [1.54, 1.807) is 44.2 Å². The number of rotatable bonds is 23. The Morgan fingerprint density at radius 2 is 1.50 bits per heavy atom. The molecule has 0 saturated carbocycles. The summed E-state index contributed by atoms with van der Waals surface area (Å²) in [4.78, 5) is 62.0. The molecule has 1 aromatic carbocycles. The molecule has 0 aliphatic carbocycles. The summed E-state index contributed by atoms with van der Waals surface area (Å²) >= 11 is 11.4. The lowest BCUT2D eigenvalue weighted by Gasteiger charge is -2.30. The number of nitrogens with one attached hydrogen (secondary N) is 3. The summed E-state index contributed by atoms with van der Waals surface area (Å²) in [5, 5.41) is 34.1. The molecule has 30 heteroatoms. The molecule has 7 rings (SSSR count). The van der Waals surface area contributed by atoms with E-state index in [2.05, 4.69) is 47.1 Å². The van der Waals surface area contributed by atoms with Crippen molar-refractivity contribution in [3.8, 4) is 12.1 Å². The third-order valence-corrected chi connectivity index (χ3v) is 15.0. The summed E-state index contributed by atoms with van der Waals surface area (Å²) in [7, 11) is 0.